The van der Waals surface area contributed by atoms with Crippen molar-refractivity contribution in [1.82, 2.24) is 19.9 Å². The first kappa shape index (κ1) is 17.6. The highest BCUT2D eigenvalue weighted by molar-refractivity contribution is 5.47. The Balaban J connectivity index is 1.31. The first-order valence-corrected chi connectivity index (χ1v) is 9.64. The summed E-state index contributed by atoms with van der Waals surface area (Å²) in [5.41, 5.74) is 2.59. The highest BCUT2D eigenvalue weighted by Crippen LogP contribution is 2.27. The minimum atomic E-state index is 0.524. The fourth-order valence-electron chi connectivity index (χ4n) is 3.61. The fourth-order valence-corrected chi connectivity index (χ4v) is 3.61. The first-order valence-electron chi connectivity index (χ1n) is 9.64. The lowest BCUT2D eigenvalue weighted by Gasteiger charge is -2.31. The third-order valence-electron chi connectivity index (χ3n) is 5.14. The summed E-state index contributed by atoms with van der Waals surface area (Å²) in [5.74, 6) is 1.92. The first-order chi connectivity index (χ1) is 13.4. The lowest BCUT2D eigenvalue weighted by atomic mass is 9.93. The number of aromatic nitrogens is 3. The number of hydrogen-bond donors (Lipinski definition) is 1. The molecule has 1 aliphatic rings. The maximum atomic E-state index is 4.80. The summed E-state index contributed by atoms with van der Waals surface area (Å²) in [7, 11) is 0. The van der Waals surface area contributed by atoms with Gasteiger partial charge >= 0.3 is 0 Å². The maximum Gasteiger partial charge on any atom is 0.228 e. The highest BCUT2D eigenvalue weighted by atomic mass is 15.1. The number of nitrogens with one attached hydrogen (secondary N) is 1. The van der Waals surface area contributed by atoms with Crippen molar-refractivity contribution in [2.75, 3.05) is 25.0 Å². The summed E-state index contributed by atoms with van der Waals surface area (Å²) in [4.78, 5) is 15.8. The van der Waals surface area contributed by atoms with Gasteiger partial charge in [-0.05, 0) is 56.1 Å². The predicted octanol–water partition coefficient (Wildman–Crippen LogP) is 4.04. The van der Waals surface area contributed by atoms with Crippen LogP contribution in [0.2, 0.25) is 0 Å². The third-order valence-corrected chi connectivity index (χ3v) is 5.14. The molecule has 1 saturated heterocycles. The lowest BCUT2D eigenvalue weighted by molar-refractivity contribution is 0.213. The molecule has 138 valence electrons. The van der Waals surface area contributed by atoms with Crippen molar-refractivity contribution in [3.05, 3.63) is 78.2 Å². The van der Waals surface area contributed by atoms with Crippen molar-refractivity contribution < 1.29 is 0 Å². The van der Waals surface area contributed by atoms with Crippen LogP contribution in [0.15, 0.2) is 67.0 Å². The van der Waals surface area contributed by atoms with Crippen LogP contribution in [0, 0.1) is 0 Å². The topological polar surface area (TPSA) is 53.9 Å². The van der Waals surface area contributed by atoms with E-state index < -0.39 is 0 Å². The van der Waals surface area contributed by atoms with Crippen LogP contribution >= 0.6 is 0 Å². The summed E-state index contributed by atoms with van der Waals surface area (Å²) < 4.78 is 0. The molecule has 27 heavy (non-hydrogen) atoms. The minimum Gasteiger partial charge on any atom is -0.309 e. The van der Waals surface area contributed by atoms with E-state index in [-0.39, 0.29) is 0 Å². The van der Waals surface area contributed by atoms with Gasteiger partial charge in [-0.25, -0.2) is 15.0 Å². The molecular formula is C22H25N5. The molecule has 0 atom stereocenters. The Labute approximate surface area is 160 Å². The smallest absolute Gasteiger partial charge is 0.228 e. The average Bonchev–Trinajstić information content (AvgIpc) is 2.74. The SMILES string of the molecule is c1ccc(CCN2CCC(c3cccc(Nc4ncccn4)n3)CC2)cc1. The molecule has 5 heteroatoms. The molecular weight excluding hydrogens is 334 g/mol. The molecule has 0 bridgehead atoms. The van der Waals surface area contributed by atoms with Crippen LogP contribution in [0.3, 0.4) is 0 Å². The van der Waals surface area contributed by atoms with Crippen LogP contribution in [0.25, 0.3) is 0 Å². The van der Waals surface area contributed by atoms with Crippen LogP contribution in [-0.4, -0.2) is 39.5 Å². The number of pyridine rings is 1. The zero-order valence-corrected chi connectivity index (χ0v) is 15.5. The van der Waals surface area contributed by atoms with E-state index in [1.54, 1.807) is 18.5 Å². The highest BCUT2D eigenvalue weighted by Gasteiger charge is 2.21. The van der Waals surface area contributed by atoms with E-state index in [0.29, 0.717) is 11.9 Å². The molecule has 1 aliphatic heterocycles. The number of nitrogens with zero attached hydrogens (tertiary/aromatic N) is 4. The zero-order valence-electron chi connectivity index (χ0n) is 15.5. The van der Waals surface area contributed by atoms with Gasteiger partial charge in [-0.2, -0.15) is 0 Å². The van der Waals surface area contributed by atoms with E-state index in [0.717, 1.165) is 44.7 Å². The van der Waals surface area contributed by atoms with Gasteiger partial charge in [-0.3, -0.25) is 0 Å². The molecule has 0 saturated carbocycles. The quantitative estimate of drug-likeness (QED) is 0.720. The van der Waals surface area contributed by atoms with Gasteiger partial charge in [0.1, 0.15) is 5.82 Å². The molecule has 1 fully saturated rings. The Morgan fingerprint density at radius 1 is 0.889 bits per heavy atom. The van der Waals surface area contributed by atoms with Crippen molar-refractivity contribution in [3.8, 4) is 0 Å². The van der Waals surface area contributed by atoms with Crippen LogP contribution in [0.4, 0.5) is 11.8 Å². The Morgan fingerprint density at radius 2 is 1.67 bits per heavy atom. The van der Waals surface area contributed by atoms with Crippen LogP contribution in [0.5, 0.6) is 0 Å². The van der Waals surface area contributed by atoms with Crippen LogP contribution in [-0.2, 0) is 6.42 Å². The minimum absolute atomic E-state index is 0.524. The molecule has 0 amide bonds. The summed E-state index contributed by atoms with van der Waals surface area (Å²) in [6, 6.07) is 18.7. The normalized spacial score (nSPS) is 15.6. The Morgan fingerprint density at radius 3 is 2.44 bits per heavy atom. The van der Waals surface area contributed by atoms with Gasteiger partial charge in [0, 0.05) is 30.6 Å². The van der Waals surface area contributed by atoms with Gasteiger partial charge in [0.25, 0.3) is 0 Å². The largest absolute Gasteiger partial charge is 0.309 e. The van der Waals surface area contributed by atoms with E-state index in [9.17, 15) is 0 Å². The summed E-state index contributed by atoms with van der Waals surface area (Å²) >= 11 is 0. The molecule has 2 aromatic heterocycles. The van der Waals surface area contributed by atoms with E-state index in [2.05, 4.69) is 62.6 Å². The molecule has 5 nitrogen and oxygen atoms in total. The standard InChI is InChI=1S/C22H25N5/c1-2-6-18(7-3-1)10-15-27-16-11-19(12-17-27)20-8-4-9-21(25-20)26-22-23-13-5-14-24-22/h1-9,13-14,19H,10-12,15-17H2,(H,23,24,25,26). The number of anilines is 2. The van der Waals surface area contributed by atoms with Crippen LogP contribution in [0.1, 0.15) is 30.0 Å². The molecule has 0 radical (unpaired) electrons. The van der Waals surface area contributed by atoms with Crippen molar-refractivity contribution >= 4 is 11.8 Å². The molecule has 1 aromatic carbocycles. The third kappa shape index (κ3) is 4.89. The molecule has 1 N–H and O–H groups in total. The second-order valence-corrected chi connectivity index (χ2v) is 7.00. The van der Waals surface area contributed by atoms with Crippen molar-refractivity contribution in [3.63, 3.8) is 0 Å². The van der Waals surface area contributed by atoms with E-state index in [4.69, 9.17) is 4.98 Å². The van der Waals surface area contributed by atoms with Gasteiger partial charge in [0.2, 0.25) is 5.95 Å². The van der Waals surface area contributed by atoms with Crippen molar-refractivity contribution in [1.29, 1.82) is 0 Å². The summed E-state index contributed by atoms with van der Waals surface area (Å²) in [5, 5.41) is 3.19. The average molecular weight is 359 g/mol. The van der Waals surface area contributed by atoms with E-state index in [1.165, 1.54) is 11.3 Å². The second-order valence-electron chi connectivity index (χ2n) is 7.00. The zero-order chi connectivity index (χ0) is 18.3. The second kappa shape index (κ2) is 8.73. The van der Waals surface area contributed by atoms with Crippen LogP contribution < -0.4 is 5.32 Å². The van der Waals surface area contributed by atoms with Gasteiger partial charge in [-0.1, -0.05) is 36.4 Å². The summed E-state index contributed by atoms with van der Waals surface area (Å²) in [6.07, 6.45) is 6.90. The number of piperidine rings is 1. The van der Waals surface area contributed by atoms with Gasteiger partial charge in [0.15, 0.2) is 0 Å². The number of benzene rings is 1. The molecule has 0 unspecified atom stereocenters. The summed E-state index contributed by atoms with van der Waals surface area (Å²) in [6.45, 7) is 3.41. The van der Waals surface area contributed by atoms with E-state index >= 15 is 0 Å². The molecule has 0 spiro atoms. The molecule has 0 aliphatic carbocycles. The van der Waals surface area contributed by atoms with E-state index in [1.807, 2.05) is 6.07 Å². The number of hydrogen-bond acceptors (Lipinski definition) is 5. The number of likely N-dealkylation sites (tertiary alicyclic amines) is 1. The fraction of sp³-hybridized carbons (Fsp3) is 0.318. The van der Waals surface area contributed by atoms with Crippen molar-refractivity contribution in [2.24, 2.45) is 0 Å². The number of rotatable bonds is 6. The van der Waals surface area contributed by atoms with Gasteiger partial charge in [0.05, 0.1) is 0 Å². The monoisotopic (exact) mass is 359 g/mol. The molecule has 4 rings (SSSR count). The van der Waals surface area contributed by atoms with Crippen molar-refractivity contribution in [2.45, 2.75) is 25.2 Å². The van der Waals surface area contributed by atoms with Gasteiger partial charge < -0.3 is 10.2 Å². The Bertz CT molecular complexity index is 830. The lowest BCUT2D eigenvalue weighted by Crippen LogP contribution is -2.34. The van der Waals surface area contributed by atoms with Gasteiger partial charge in [-0.15, -0.1) is 0 Å². The molecule has 3 heterocycles. The predicted molar refractivity (Wildman–Crippen MR) is 108 cm³/mol. The Hall–Kier alpha value is -2.79. The Kier molecular flexibility index (Phi) is 5.70. The maximum absolute atomic E-state index is 4.80. The molecule has 3 aromatic rings.